The average Bonchev–Trinajstić information content (AvgIpc) is 3.56. The van der Waals surface area contributed by atoms with E-state index < -0.39 is 17.2 Å². The topological polar surface area (TPSA) is 79.4 Å². The molecule has 2 aromatic heterocycles. The molecular formula is C30H33ClF3N5O2. The molecule has 0 radical (unpaired) electrons. The number of anilines is 1. The van der Waals surface area contributed by atoms with Crippen molar-refractivity contribution in [2.75, 3.05) is 37.7 Å². The Morgan fingerprint density at radius 2 is 1.85 bits per heavy atom. The summed E-state index contributed by atoms with van der Waals surface area (Å²) < 4.78 is 46.7. The Hall–Kier alpha value is -3.37. The van der Waals surface area contributed by atoms with Crippen LogP contribution in [0.4, 0.5) is 18.9 Å². The van der Waals surface area contributed by atoms with Crippen LogP contribution in [0.2, 0.25) is 5.02 Å². The number of halogens is 4. The van der Waals surface area contributed by atoms with Crippen LogP contribution >= 0.6 is 11.6 Å². The minimum Gasteiger partial charge on any atom is -0.477 e. The molecule has 218 valence electrons. The van der Waals surface area contributed by atoms with Crippen LogP contribution in [0.3, 0.4) is 0 Å². The van der Waals surface area contributed by atoms with E-state index in [0.717, 1.165) is 22.9 Å². The maximum Gasteiger partial charge on any atom is 0.418 e. The highest BCUT2D eigenvalue weighted by atomic mass is 35.5. The third-order valence-corrected chi connectivity index (χ3v) is 8.08. The smallest absolute Gasteiger partial charge is 0.418 e. The van der Waals surface area contributed by atoms with Crippen molar-refractivity contribution in [3.63, 3.8) is 0 Å². The van der Waals surface area contributed by atoms with Gasteiger partial charge >= 0.3 is 6.18 Å². The summed E-state index contributed by atoms with van der Waals surface area (Å²) in [6, 6.07) is 11.3. The average molecular weight is 588 g/mol. The fourth-order valence-electron chi connectivity index (χ4n) is 5.78. The quantitative estimate of drug-likeness (QED) is 0.405. The van der Waals surface area contributed by atoms with Crippen molar-refractivity contribution < 1.29 is 22.7 Å². The number of hydrogen-bond acceptors (Lipinski definition) is 6. The Kier molecular flexibility index (Phi) is 8.70. The summed E-state index contributed by atoms with van der Waals surface area (Å²) in [6.07, 6.45) is 0.631. The van der Waals surface area contributed by atoms with Gasteiger partial charge in [-0.25, -0.2) is 4.98 Å². The van der Waals surface area contributed by atoms with Crippen LogP contribution in [0.15, 0.2) is 48.7 Å². The van der Waals surface area contributed by atoms with Crippen LogP contribution in [0.25, 0.3) is 11.3 Å². The molecule has 3 aromatic rings. The Labute approximate surface area is 242 Å². The monoisotopic (exact) mass is 587 g/mol. The normalized spacial score (nSPS) is 17.9. The number of nitrogens with zero attached hydrogens (tertiary/aromatic N) is 3. The minimum atomic E-state index is -4.53. The summed E-state index contributed by atoms with van der Waals surface area (Å²) in [6.45, 7) is 5.71. The zero-order chi connectivity index (χ0) is 29.0. The number of alkyl halides is 3. The summed E-state index contributed by atoms with van der Waals surface area (Å²) in [4.78, 5) is 24.0. The van der Waals surface area contributed by atoms with Gasteiger partial charge in [-0.3, -0.25) is 9.78 Å². The zero-order valence-electron chi connectivity index (χ0n) is 22.9. The fourth-order valence-corrected chi connectivity index (χ4v) is 5.95. The number of pyridine rings is 2. The third kappa shape index (κ3) is 6.13. The predicted molar refractivity (Wildman–Crippen MR) is 152 cm³/mol. The maximum atomic E-state index is 13.7. The molecule has 2 fully saturated rings. The summed E-state index contributed by atoms with van der Waals surface area (Å²) >= 11 is 5.85. The molecule has 1 aromatic carbocycles. The van der Waals surface area contributed by atoms with E-state index in [1.807, 2.05) is 31.2 Å². The van der Waals surface area contributed by atoms with Gasteiger partial charge in [-0.1, -0.05) is 17.7 Å². The van der Waals surface area contributed by atoms with Crippen LogP contribution in [0.5, 0.6) is 5.88 Å². The van der Waals surface area contributed by atoms with Gasteiger partial charge in [0.1, 0.15) is 0 Å². The molecule has 0 unspecified atom stereocenters. The molecule has 0 aliphatic carbocycles. The summed E-state index contributed by atoms with van der Waals surface area (Å²) in [5.41, 5.74) is 1.46. The number of carbonyl (C=O) groups is 1. The molecule has 0 atom stereocenters. The van der Waals surface area contributed by atoms with E-state index in [1.54, 1.807) is 11.1 Å². The van der Waals surface area contributed by atoms with Crippen molar-refractivity contribution in [3.05, 3.63) is 70.5 Å². The van der Waals surface area contributed by atoms with Crippen LogP contribution in [-0.2, 0) is 22.9 Å². The zero-order valence-corrected chi connectivity index (χ0v) is 23.6. The van der Waals surface area contributed by atoms with Crippen molar-refractivity contribution in [1.82, 2.24) is 20.6 Å². The van der Waals surface area contributed by atoms with Crippen molar-refractivity contribution in [2.45, 2.75) is 50.7 Å². The van der Waals surface area contributed by atoms with Gasteiger partial charge in [0, 0.05) is 30.0 Å². The molecule has 5 heterocycles. The summed E-state index contributed by atoms with van der Waals surface area (Å²) in [5, 5.41) is 6.20. The van der Waals surface area contributed by atoms with E-state index in [9.17, 15) is 18.0 Å². The van der Waals surface area contributed by atoms with E-state index in [1.165, 1.54) is 38.1 Å². The second-order valence-electron chi connectivity index (χ2n) is 10.3. The Bertz CT molecular complexity index is 1380. The van der Waals surface area contributed by atoms with E-state index in [4.69, 9.17) is 21.3 Å². The summed E-state index contributed by atoms with van der Waals surface area (Å²) in [5.74, 6) is 0.367. The van der Waals surface area contributed by atoms with Crippen molar-refractivity contribution >= 4 is 23.2 Å². The Morgan fingerprint density at radius 1 is 1.10 bits per heavy atom. The Morgan fingerprint density at radius 3 is 2.51 bits per heavy atom. The van der Waals surface area contributed by atoms with Gasteiger partial charge in [-0.15, -0.1) is 0 Å². The molecule has 3 aliphatic heterocycles. The second kappa shape index (κ2) is 12.2. The maximum absolute atomic E-state index is 13.7. The number of carbonyl (C=O) groups excluding carboxylic acids is 1. The van der Waals surface area contributed by atoms with Crippen LogP contribution in [0, 0.1) is 0 Å². The van der Waals surface area contributed by atoms with Gasteiger partial charge in [0.05, 0.1) is 41.1 Å². The first-order chi connectivity index (χ1) is 19.7. The molecule has 1 amide bonds. The van der Waals surface area contributed by atoms with Crippen molar-refractivity contribution in [3.8, 4) is 17.1 Å². The SMILES string of the molecule is C1CCNC1.CCOc1ncccc1-c1ccc2c(n1)CNC(=O)C21CCN(c2ccc(Cl)cc2C(F)(F)F)CC1. The highest BCUT2D eigenvalue weighted by molar-refractivity contribution is 6.30. The number of nitrogens with one attached hydrogen (secondary N) is 2. The molecule has 6 rings (SSSR count). The van der Waals surface area contributed by atoms with E-state index >= 15 is 0 Å². The van der Waals surface area contributed by atoms with Crippen LogP contribution < -0.4 is 20.3 Å². The number of benzene rings is 1. The Balaban J connectivity index is 0.000000610. The number of aromatic nitrogens is 2. The molecule has 11 heteroatoms. The van der Waals surface area contributed by atoms with Gasteiger partial charge in [-0.05, 0) is 87.7 Å². The van der Waals surface area contributed by atoms with Crippen molar-refractivity contribution in [1.29, 1.82) is 0 Å². The predicted octanol–water partition coefficient (Wildman–Crippen LogP) is 5.75. The lowest BCUT2D eigenvalue weighted by Gasteiger charge is -2.44. The van der Waals surface area contributed by atoms with Gasteiger partial charge in [0.25, 0.3) is 0 Å². The van der Waals surface area contributed by atoms with E-state index in [2.05, 4.69) is 15.6 Å². The first-order valence-corrected chi connectivity index (χ1v) is 14.3. The number of piperidine rings is 1. The molecular weight excluding hydrogens is 555 g/mol. The third-order valence-electron chi connectivity index (χ3n) is 7.85. The largest absolute Gasteiger partial charge is 0.477 e. The molecule has 7 nitrogen and oxygen atoms in total. The van der Waals surface area contributed by atoms with Crippen LogP contribution in [0.1, 0.15) is 49.4 Å². The number of hydrogen-bond donors (Lipinski definition) is 2. The highest BCUT2D eigenvalue weighted by Crippen LogP contribution is 2.44. The van der Waals surface area contributed by atoms with E-state index in [0.29, 0.717) is 31.0 Å². The number of rotatable bonds is 4. The summed E-state index contributed by atoms with van der Waals surface area (Å²) in [7, 11) is 0. The second-order valence-corrected chi connectivity index (χ2v) is 10.8. The van der Waals surface area contributed by atoms with Gasteiger partial charge in [0.2, 0.25) is 11.8 Å². The molecule has 3 aliphatic rings. The number of ether oxygens (including phenoxy) is 1. The van der Waals surface area contributed by atoms with Crippen LogP contribution in [-0.4, -0.2) is 48.7 Å². The lowest BCUT2D eigenvalue weighted by atomic mass is 9.69. The number of amides is 1. The number of fused-ring (bicyclic) bond motifs is 2. The van der Waals surface area contributed by atoms with Gasteiger partial charge in [0.15, 0.2) is 0 Å². The van der Waals surface area contributed by atoms with E-state index in [-0.39, 0.29) is 36.3 Å². The first-order valence-electron chi connectivity index (χ1n) is 13.9. The molecule has 0 saturated carbocycles. The minimum absolute atomic E-state index is 0.0307. The first kappa shape index (κ1) is 29.1. The lowest BCUT2D eigenvalue weighted by molar-refractivity contribution is -0.137. The molecule has 41 heavy (non-hydrogen) atoms. The molecule has 1 spiro atoms. The fraction of sp³-hybridized carbons (Fsp3) is 0.433. The molecule has 0 bridgehead atoms. The lowest BCUT2D eigenvalue weighted by Crippen LogP contribution is -2.55. The van der Waals surface area contributed by atoms with Gasteiger partial charge in [-0.2, -0.15) is 13.2 Å². The van der Waals surface area contributed by atoms with Gasteiger partial charge < -0.3 is 20.3 Å². The highest BCUT2D eigenvalue weighted by Gasteiger charge is 2.47. The standard InChI is InChI=1S/C26H24ClF3N4O2.C4H9N/c1-2-36-23-17(4-3-11-31-23)20-7-6-18-21(33-20)15-32-24(35)25(18)9-12-34(13-10-25)22-8-5-16(27)14-19(22)26(28,29)30;1-2-4-5-3-1/h3-8,11,14H,2,9-10,12-13,15H2,1H3,(H,32,35);5H,1-4H2. The van der Waals surface area contributed by atoms with Crippen molar-refractivity contribution in [2.24, 2.45) is 0 Å². The molecule has 2 N–H and O–H groups in total. The molecule has 2 saturated heterocycles.